The average Bonchev–Trinajstić information content (AvgIpc) is 3.23. The minimum absolute atomic E-state index is 0.227. The highest BCUT2D eigenvalue weighted by Gasteiger charge is 2.32. The third-order valence-corrected chi connectivity index (χ3v) is 5.62. The maximum absolute atomic E-state index is 13.1. The van der Waals surface area contributed by atoms with Gasteiger partial charge in [0.05, 0.1) is 22.8 Å². The number of nitrogens with zero attached hydrogens (tertiary/aromatic N) is 4. The van der Waals surface area contributed by atoms with Crippen molar-refractivity contribution in [3.05, 3.63) is 83.6 Å². The topological polar surface area (TPSA) is 72.2 Å². The molecule has 1 aliphatic carbocycles. The molecule has 5 rings (SSSR count). The summed E-state index contributed by atoms with van der Waals surface area (Å²) in [6.45, 7) is 0. The van der Waals surface area contributed by atoms with Crippen molar-refractivity contribution in [3.8, 4) is 11.3 Å². The van der Waals surface area contributed by atoms with Crippen LogP contribution in [0.4, 0.5) is 13.2 Å². The van der Waals surface area contributed by atoms with Gasteiger partial charge in [-0.3, -0.25) is 14.8 Å². The zero-order valence-corrected chi connectivity index (χ0v) is 16.8. The second kappa shape index (κ2) is 7.74. The van der Waals surface area contributed by atoms with Crippen molar-refractivity contribution in [1.82, 2.24) is 24.9 Å². The number of aromatic nitrogens is 4. The van der Waals surface area contributed by atoms with E-state index in [4.69, 9.17) is 0 Å². The van der Waals surface area contributed by atoms with Crippen LogP contribution in [0.15, 0.2) is 61.2 Å². The lowest BCUT2D eigenvalue weighted by molar-refractivity contribution is -0.141. The van der Waals surface area contributed by atoms with Gasteiger partial charge >= 0.3 is 6.18 Å². The van der Waals surface area contributed by atoms with Gasteiger partial charge in [0.25, 0.3) is 5.91 Å². The Balaban J connectivity index is 1.44. The van der Waals surface area contributed by atoms with E-state index in [1.807, 2.05) is 6.07 Å². The van der Waals surface area contributed by atoms with Gasteiger partial charge in [-0.05, 0) is 66.8 Å². The second-order valence-corrected chi connectivity index (χ2v) is 7.74. The number of nitrogens with one attached hydrogen (secondary N) is 1. The van der Waals surface area contributed by atoms with E-state index >= 15 is 0 Å². The second-order valence-electron chi connectivity index (χ2n) is 7.74. The van der Waals surface area contributed by atoms with Crippen LogP contribution in [0.3, 0.4) is 0 Å². The van der Waals surface area contributed by atoms with Crippen molar-refractivity contribution in [3.63, 3.8) is 0 Å². The molecule has 9 heteroatoms. The summed E-state index contributed by atoms with van der Waals surface area (Å²) in [5.41, 5.74) is 2.95. The summed E-state index contributed by atoms with van der Waals surface area (Å²) in [6.07, 6.45) is 4.02. The summed E-state index contributed by atoms with van der Waals surface area (Å²) in [5.74, 6) is -0.227. The van der Waals surface area contributed by atoms with Crippen LogP contribution in [0.1, 0.15) is 46.1 Å². The number of pyridine rings is 2. The predicted molar refractivity (Wildman–Crippen MR) is 111 cm³/mol. The molecule has 0 spiro atoms. The Labute approximate surface area is 181 Å². The molecule has 0 unspecified atom stereocenters. The lowest BCUT2D eigenvalue weighted by Gasteiger charge is -2.26. The van der Waals surface area contributed by atoms with E-state index in [1.54, 1.807) is 41.3 Å². The first-order valence-corrected chi connectivity index (χ1v) is 10.2. The minimum Gasteiger partial charge on any atom is -0.345 e. The molecule has 0 saturated heterocycles. The van der Waals surface area contributed by atoms with E-state index < -0.39 is 11.9 Å². The molecule has 1 N–H and O–H groups in total. The molecule has 4 heterocycles. The van der Waals surface area contributed by atoms with Crippen molar-refractivity contribution in [2.75, 3.05) is 0 Å². The molecule has 6 nitrogen and oxygen atoms in total. The van der Waals surface area contributed by atoms with E-state index in [1.165, 1.54) is 6.07 Å². The zero-order valence-electron chi connectivity index (χ0n) is 16.8. The van der Waals surface area contributed by atoms with Gasteiger partial charge < -0.3 is 5.32 Å². The number of halogens is 3. The lowest BCUT2D eigenvalue weighted by atomic mass is 9.87. The Morgan fingerprint density at radius 3 is 2.81 bits per heavy atom. The number of hydrogen-bond donors (Lipinski definition) is 1. The fourth-order valence-corrected chi connectivity index (χ4v) is 4.05. The summed E-state index contributed by atoms with van der Waals surface area (Å²) < 4.78 is 40.8. The standard InChI is InChI=1S/C23H18F3N5O/c24-23(25,26)21-10-14(6-8-27-21)20-11-18-15(12-28-20)3-1-5-19(18)30-22(32)16-9-17-4-2-7-29-31(17)13-16/h2,4,6-13,19H,1,3,5H2,(H,30,32)/t19-/m0/s1. The first kappa shape index (κ1) is 20.2. The maximum Gasteiger partial charge on any atom is 0.433 e. The Morgan fingerprint density at radius 2 is 2.00 bits per heavy atom. The Kier molecular flexibility index (Phi) is 4.88. The quantitative estimate of drug-likeness (QED) is 0.508. The van der Waals surface area contributed by atoms with Gasteiger partial charge in [0, 0.05) is 30.4 Å². The van der Waals surface area contributed by atoms with Gasteiger partial charge in [-0.15, -0.1) is 0 Å². The van der Waals surface area contributed by atoms with Gasteiger partial charge in [-0.1, -0.05) is 0 Å². The van der Waals surface area contributed by atoms with E-state index in [0.717, 1.165) is 48.2 Å². The fourth-order valence-electron chi connectivity index (χ4n) is 4.05. The van der Waals surface area contributed by atoms with Gasteiger partial charge in [0.1, 0.15) is 5.69 Å². The largest absolute Gasteiger partial charge is 0.433 e. The fraction of sp³-hybridized carbons (Fsp3) is 0.217. The number of alkyl halides is 3. The molecule has 0 bridgehead atoms. The summed E-state index contributed by atoms with van der Waals surface area (Å²) in [6, 6.07) is 9.43. The summed E-state index contributed by atoms with van der Waals surface area (Å²) >= 11 is 0. The van der Waals surface area contributed by atoms with Crippen molar-refractivity contribution in [2.24, 2.45) is 0 Å². The van der Waals surface area contributed by atoms with Crippen LogP contribution < -0.4 is 5.32 Å². The molecule has 4 aromatic heterocycles. The molecular weight excluding hydrogens is 419 g/mol. The third kappa shape index (κ3) is 3.81. The third-order valence-electron chi connectivity index (χ3n) is 5.62. The summed E-state index contributed by atoms with van der Waals surface area (Å²) in [5, 5.41) is 7.25. The molecular formula is C23H18F3N5O. The van der Waals surface area contributed by atoms with E-state index in [2.05, 4.69) is 20.4 Å². The van der Waals surface area contributed by atoms with Crippen LogP contribution in [0.2, 0.25) is 0 Å². The molecule has 1 atom stereocenters. The number of carbonyl (C=O) groups excluding carboxylic acids is 1. The Hall–Kier alpha value is -3.75. The molecule has 1 amide bonds. The molecule has 32 heavy (non-hydrogen) atoms. The van der Waals surface area contributed by atoms with E-state index in [-0.39, 0.29) is 11.9 Å². The van der Waals surface area contributed by atoms with Crippen molar-refractivity contribution in [2.45, 2.75) is 31.5 Å². The zero-order chi connectivity index (χ0) is 22.3. The van der Waals surface area contributed by atoms with Crippen molar-refractivity contribution < 1.29 is 18.0 Å². The Morgan fingerprint density at radius 1 is 1.12 bits per heavy atom. The number of carbonyl (C=O) groups is 1. The summed E-state index contributed by atoms with van der Waals surface area (Å²) in [4.78, 5) is 20.7. The minimum atomic E-state index is -4.53. The number of hydrogen-bond acceptors (Lipinski definition) is 4. The molecule has 0 radical (unpaired) electrons. The number of amides is 1. The number of rotatable bonds is 3. The molecule has 162 valence electrons. The van der Waals surface area contributed by atoms with Crippen LogP contribution in [-0.4, -0.2) is 25.5 Å². The molecule has 0 aromatic carbocycles. The predicted octanol–water partition coefficient (Wildman–Crippen LogP) is 4.62. The van der Waals surface area contributed by atoms with Crippen LogP contribution in [0.25, 0.3) is 16.8 Å². The lowest BCUT2D eigenvalue weighted by Crippen LogP contribution is -2.31. The molecule has 1 aliphatic rings. The molecule has 0 fully saturated rings. The van der Waals surface area contributed by atoms with Gasteiger partial charge in [0.2, 0.25) is 0 Å². The highest BCUT2D eigenvalue weighted by Crippen LogP contribution is 2.34. The Bertz CT molecular complexity index is 1280. The highest BCUT2D eigenvalue weighted by molar-refractivity contribution is 5.95. The van der Waals surface area contributed by atoms with Crippen LogP contribution in [-0.2, 0) is 12.6 Å². The van der Waals surface area contributed by atoms with E-state index in [9.17, 15) is 18.0 Å². The molecule has 4 aromatic rings. The van der Waals surface area contributed by atoms with Crippen molar-refractivity contribution >= 4 is 11.4 Å². The normalized spacial score (nSPS) is 16.0. The first-order chi connectivity index (χ1) is 15.4. The highest BCUT2D eigenvalue weighted by atomic mass is 19.4. The van der Waals surface area contributed by atoms with Gasteiger partial charge in [-0.25, -0.2) is 4.52 Å². The molecule has 0 saturated carbocycles. The SMILES string of the molecule is O=C(N[C@H]1CCCc2cnc(-c3ccnc(C(F)(F)F)c3)cc21)c1cc2cccnn2c1. The van der Waals surface area contributed by atoms with Gasteiger partial charge in [-0.2, -0.15) is 18.3 Å². The maximum atomic E-state index is 13.1. The van der Waals surface area contributed by atoms with Crippen LogP contribution in [0, 0.1) is 0 Å². The van der Waals surface area contributed by atoms with Crippen molar-refractivity contribution in [1.29, 1.82) is 0 Å². The number of fused-ring (bicyclic) bond motifs is 2. The van der Waals surface area contributed by atoms with Crippen LogP contribution in [0.5, 0.6) is 0 Å². The van der Waals surface area contributed by atoms with E-state index in [0.29, 0.717) is 16.8 Å². The first-order valence-electron chi connectivity index (χ1n) is 10.2. The summed E-state index contributed by atoms with van der Waals surface area (Å²) in [7, 11) is 0. The smallest absolute Gasteiger partial charge is 0.345 e. The average molecular weight is 437 g/mol. The van der Waals surface area contributed by atoms with Crippen LogP contribution >= 0.6 is 0 Å². The molecule has 0 aliphatic heterocycles. The van der Waals surface area contributed by atoms with Gasteiger partial charge in [0.15, 0.2) is 0 Å². The number of aryl methyl sites for hydroxylation is 1. The monoisotopic (exact) mass is 437 g/mol.